The fraction of sp³-hybridized carbons (Fsp3) is 0.312. The topological polar surface area (TPSA) is 79.6 Å². The van der Waals surface area contributed by atoms with E-state index in [2.05, 4.69) is 5.32 Å². The molecule has 1 aromatic carbocycles. The molecular weight excluding hydrogens is 284 g/mol. The maximum Gasteiger partial charge on any atom is 0.336 e. The van der Waals surface area contributed by atoms with Gasteiger partial charge in [0.25, 0.3) is 0 Å². The lowest BCUT2D eigenvalue weighted by Crippen LogP contribution is -2.28. The zero-order chi connectivity index (χ0) is 15.9. The van der Waals surface area contributed by atoms with Gasteiger partial charge < -0.3 is 14.6 Å². The molecule has 0 bridgehead atoms. The van der Waals surface area contributed by atoms with Crippen LogP contribution in [-0.2, 0) is 16.0 Å². The van der Waals surface area contributed by atoms with Crippen molar-refractivity contribution >= 4 is 28.3 Å². The summed E-state index contributed by atoms with van der Waals surface area (Å²) >= 11 is 0. The molecule has 1 aliphatic carbocycles. The lowest BCUT2D eigenvalue weighted by Gasteiger charge is -2.13. The van der Waals surface area contributed by atoms with Crippen molar-refractivity contribution < 1.29 is 14.0 Å². The van der Waals surface area contributed by atoms with Crippen LogP contribution in [0.25, 0.3) is 11.0 Å². The summed E-state index contributed by atoms with van der Waals surface area (Å²) in [6.45, 7) is 0. The van der Waals surface area contributed by atoms with E-state index in [1.165, 1.54) is 6.07 Å². The number of carbonyl (C=O) groups is 2. The molecular formula is C16H16N2O4. The van der Waals surface area contributed by atoms with Gasteiger partial charge in [-0.2, -0.15) is 0 Å². The summed E-state index contributed by atoms with van der Waals surface area (Å²) in [5.74, 6) is -0.221. The minimum absolute atomic E-state index is 0.0430. The first-order valence-corrected chi connectivity index (χ1v) is 7.00. The zero-order valence-corrected chi connectivity index (χ0v) is 12.4. The fourth-order valence-electron chi connectivity index (χ4n) is 2.34. The molecule has 0 spiro atoms. The van der Waals surface area contributed by atoms with Crippen molar-refractivity contribution in [3.05, 3.63) is 40.2 Å². The highest BCUT2D eigenvalue weighted by atomic mass is 16.4. The van der Waals surface area contributed by atoms with Gasteiger partial charge in [0.2, 0.25) is 5.91 Å². The van der Waals surface area contributed by atoms with Crippen molar-refractivity contribution in [3.8, 4) is 0 Å². The third-order valence-corrected chi connectivity index (χ3v) is 3.65. The van der Waals surface area contributed by atoms with Gasteiger partial charge in [-0.3, -0.25) is 9.59 Å². The van der Waals surface area contributed by atoms with Crippen molar-refractivity contribution in [1.29, 1.82) is 0 Å². The number of hydrogen-bond acceptors (Lipinski definition) is 5. The van der Waals surface area contributed by atoms with Crippen LogP contribution in [0.15, 0.2) is 33.5 Å². The van der Waals surface area contributed by atoms with Crippen LogP contribution in [0.4, 0.5) is 5.69 Å². The third kappa shape index (κ3) is 2.86. The maximum atomic E-state index is 11.9. The molecule has 0 aliphatic heterocycles. The normalized spacial score (nSPS) is 16.6. The number of nitrogens with zero attached hydrogens (tertiary/aromatic N) is 1. The summed E-state index contributed by atoms with van der Waals surface area (Å²) in [6.07, 6.45) is 0.447. The molecule has 3 rings (SSSR count). The summed E-state index contributed by atoms with van der Waals surface area (Å²) in [6, 6.07) is 6.47. The van der Waals surface area contributed by atoms with Crippen LogP contribution in [0.1, 0.15) is 12.0 Å². The number of fused-ring (bicyclic) bond motifs is 1. The molecule has 1 aliphatic rings. The Bertz CT molecular complexity index is 822. The number of ketones is 1. The SMILES string of the molecule is CN(C)c1ccc2c(CC(=O)N[C@H]3CC3=O)cc(=O)oc2c1. The Morgan fingerprint density at radius 3 is 2.68 bits per heavy atom. The molecule has 1 fully saturated rings. The van der Waals surface area contributed by atoms with E-state index in [1.54, 1.807) is 6.07 Å². The maximum absolute atomic E-state index is 11.9. The van der Waals surface area contributed by atoms with Crippen molar-refractivity contribution in [1.82, 2.24) is 5.32 Å². The van der Waals surface area contributed by atoms with Crippen molar-refractivity contribution in [2.45, 2.75) is 18.9 Å². The smallest absolute Gasteiger partial charge is 0.336 e. The minimum Gasteiger partial charge on any atom is -0.423 e. The molecule has 114 valence electrons. The Morgan fingerprint density at radius 1 is 1.32 bits per heavy atom. The third-order valence-electron chi connectivity index (χ3n) is 3.65. The summed E-state index contributed by atoms with van der Waals surface area (Å²) in [4.78, 5) is 36.5. The van der Waals surface area contributed by atoms with Gasteiger partial charge in [0.1, 0.15) is 5.58 Å². The standard InChI is InChI=1S/C16H16N2O4/c1-18(2)10-3-4-11-9(6-16(21)22-14(11)7-10)5-15(20)17-12-8-13(12)19/h3-4,6-7,12H,5,8H2,1-2H3,(H,17,20)/t12-/m0/s1. The van der Waals surface area contributed by atoms with Crippen LogP contribution in [0.3, 0.4) is 0 Å². The van der Waals surface area contributed by atoms with Gasteiger partial charge in [-0.1, -0.05) is 0 Å². The van der Waals surface area contributed by atoms with E-state index in [0.29, 0.717) is 17.6 Å². The first-order valence-electron chi connectivity index (χ1n) is 7.00. The number of Topliss-reactive ketones (excluding diaryl/α,β-unsaturated/α-hetero) is 1. The predicted octanol–water partition coefficient (Wildman–Crippen LogP) is 0.859. The van der Waals surface area contributed by atoms with E-state index in [4.69, 9.17) is 4.42 Å². The summed E-state index contributed by atoms with van der Waals surface area (Å²) in [5.41, 5.74) is 1.46. The highest BCUT2D eigenvalue weighted by Gasteiger charge is 2.35. The average Bonchev–Trinajstić information content (AvgIpc) is 3.12. The fourth-order valence-corrected chi connectivity index (χ4v) is 2.34. The molecule has 1 aromatic heterocycles. The Hall–Kier alpha value is -2.63. The molecule has 6 nitrogen and oxygen atoms in total. The molecule has 6 heteroatoms. The highest BCUT2D eigenvalue weighted by Crippen LogP contribution is 2.23. The summed E-state index contributed by atoms with van der Waals surface area (Å²) in [7, 11) is 3.78. The van der Waals surface area contributed by atoms with Crippen LogP contribution >= 0.6 is 0 Å². The second-order valence-corrected chi connectivity index (χ2v) is 5.63. The van der Waals surface area contributed by atoms with Gasteiger partial charge in [-0.15, -0.1) is 0 Å². The molecule has 1 N–H and O–H groups in total. The Kier molecular flexibility index (Phi) is 3.44. The molecule has 22 heavy (non-hydrogen) atoms. The quantitative estimate of drug-likeness (QED) is 0.847. The van der Waals surface area contributed by atoms with Crippen LogP contribution < -0.4 is 15.8 Å². The number of benzene rings is 1. The second-order valence-electron chi connectivity index (χ2n) is 5.63. The molecule has 0 radical (unpaired) electrons. The van der Waals surface area contributed by atoms with Crippen LogP contribution in [0, 0.1) is 0 Å². The average molecular weight is 300 g/mol. The Morgan fingerprint density at radius 2 is 2.05 bits per heavy atom. The van der Waals surface area contributed by atoms with Crippen molar-refractivity contribution in [2.24, 2.45) is 0 Å². The molecule has 1 heterocycles. The van der Waals surface area contributed by atoms with E-state index in [0.717, 1.165) is 11.1 Å². The lowest BCUT2D eigenvalue weighted by molar-refractivity contribution is -0.121. The summed E-state index contributed by atoms with van der Waals surface area (Å²) < 4.78 is 5.22. The van der Waals surface area contributed by atoms with E-state index >= 15 is 0 Å². The van der Waals surface area contributed by atoms with Gasteiger partial charge in [0.05, 0.1) is 12.5 Å². The highest BCUT2D eigenvalue weighted by molar-refractivity contribution is 6.03. The number of amides is 1. The number of carbonyl (C=O) groups excluding carboxylic acids is 2. The predicted molar refractivity (Wildman–Crippen MR) is 82.1 cm³/mol. The molecule has 1 saturated carbocycles. The first kappa shape index (κ1) is 14.3. The molecule has 2 aromatic rings. The Labute approximate surface area is 126 Å². The van der Waals surface area contributed by atoms with Crippen molar-refractivity contribution in [3.63, 3.8) is 0 Å². The molecule has 0 unspecified atom stereocenters. The largest absolute Gasteiger partial charge is 0.423 e. The molecule has 1 amide bonds. The molecule has 1 atom stereocenters. The van der Waals surface area contributed by atoms with Gasteiger partial charge >= 0.3 is 5.63 Å². The van der Waals surface area contributed by atoms with E-state index in [9.17, 15) is 14.4 Å². The first-order chi connectivity index (χ1) is 10.4. The number of rotatable bonds is 4. The van der Waals surface area contributed by atoms with Crippen LogP contribution in [0.2, 0.25) is 0 Å². The second kappa shape index (κ2) is 5.29. The summed E-state index contributed by atoms with van der Waals surface area (Å²) in [5, 5.41) is 3.36. The van der Waals surface area contributed by atoms with Gasteiger partial charge in [-0.05, 0) is 17.7 Å². The van der Waals surface area contributed by atoms with E-state index in [1.807, 2.05) is 31.1 Å². The number of hydrogen-bond donors (Lipinski definition) is 1. The minimum atomic E-state index is -0.492. The zero-order valence-electron chi connectivity index (χ0n) is 12.4. The van der Waals surface area contributed by atoms with Crippen LogP contribution in [0.5, 0.6) is 0 Å². The monoisotopic (exact) mass is 300 g/mol. The lowest BCUT2D eigenvalue weighted by atomic mass is 10.1. The van der Waals surface area contributed by atoms with E-state index in [-0.39, 0.29) is 24.2 Å². The molecule has 0 saturated heterocycles. The van der Waals surface area contributed by atoms with E-state index < -0.39 is 5.63 Å². The van der Waals surface area contributed by atoms with Gasteiger partial charge in [0, 0.05) is 43.7 Å². The van der Waals surface area contributed by atoms with Crippen molar-refractivity contribution in [2.75, 3.05) is 19.0 Å². The Balaban J connectivity index is 1.92. The van der Waals surface area contributed by atoms with Gasteiger partial charge in [-0.25, -0.2) is 4.79 Å². The van der Waals surface area contributed by atoms with Crippen LogP contribution in [-0.4, -0.2) is 31.8 Å². The number of nitrogens with one attached hydrogen (secondary N) is 1. The van der Waals surface area contributed by atoms with Gasteiger partial charge in [0.15, 0.2) is 5.78 Å². The number of anilines is 1.